The summed E-state index contributed by atoms with van der Waals surface area (Å²) in [5.74, 6) is 0. The van der Waals surface area contributed by atoms with Crippen LogP contribution in [0, 0.1) is 0 Å². The Labute approximate surface area is 469 Å². The minimum atomic E-state index is -0.00848. The molecule has 0 amide bonds. The van der Waals surface area contributed by atoms with Crippen molar-refractivity contribution in [2.75, 3.05) is 0 Å². The molecule has 0 nitrogen and oxygen atoms in total. The second-order valence-corrected chi connectivity index (χ2v) is 28.7. The topological polar surface area (TPSA) is 0 Å². The fourth-order valence-corrected chi connectivity index (χ4v) is 11.7. The van der Waals surface area contributed by atoms with Gasteiger partial charge in [0.15, 0.2) is 0 Å². The van der Waals surface area contributed by atoms with Crippen molar-refractivity contribution in [3.8, 4) is 66.8 Å². The molecule has 0 radical (unpaired) electrons. The van der Waals surface area contributed by atoms with Gasteiger partial charge in [0.2, 0.25) is 0 Å². The SMILES string of the molecule is CC(C)(C)c1ccc(-c2ccc3c(-c4ccc(C(C)(C)C)cc4)c4c(-c5ccc(C(C)(C)C)cc5)c5cc(-c6ccc(C(C)(C)C)cc6)ccc5c(-c5ccc(C(C)(C)C)cc5)c4c(-c4ccc(C(C)(C)C)cc4)c3c2)cc1. The van der Waals surface area contributed by atoms with Crippen LogP contribution in [-0.2, 0) is 32.5 Å². The van der Waals surface area contributed by atoms with E-state index in [2.05, 4.69) is 307 Å². The fraction of sp³-hybridized carbons (Fsp3) is 0.308. The molecule has 0 fully saturated rings. The lowest BCUT2D eigenvalue weighted by Gasteiger charge is -2.27. The lowest BCUT2D eigenvalue weighted by Crippen LogP contribution is -2.11. The van der Waals surface area contributed by atoms with Gasteiger partial charge in [0.25, 0.3) is 0 Å². The van der Waals surface area contributed by atoms with Crippen LogP contribution in [0.15, 0.2) is 182 Å². The molecule has 0 saturated carbocycles. The zero-order chi connectivity index (χ0) is 56.1. The average Bonchev–Trinajstić information content (AvgIpc) is 3.58. The van der Waals surface area contributed by atoms with Gasteiger partial charge in [0.1, 0.15) is 0 Å². The summed E-state index contributed by atoms with van der Waals surface area (Å²) in [6, 6.07) is 71.6. The first-order valence-electron chi connectivity index (χ1n) is 28.7. The highest BCUT2D eigenvalue weighted by molar-refractivity contribution is 6.34. The predicted molar refractivity (Wildman–Crippen MR) is 344 cm³/mol. The van der Waals surface area contributed by atoms with Crippen molar-refractivity contribution in [3.63, 3.8) is 0 Å². The Morgan fingerprint density at radius 3 is 0.526 bits per heavy atom. The highest BCUT2D eigenvalue weighted by atomic mass is 14.3. The van der Waals surface area contributed by atoms with Gasteiger partial charge in [-0.3, -0.25) is 0 Å². The van der Waals surface area contributed by atoms with Gasteiger partial charge in [-0.25, -0.2) is 0 Å². The maximum Gasteiger partial charge on any atom is -0.000139 e. The summed E-state index contributed by atoms with van der Waals surface area (Å²) in [6.07, 6.45) is 0. The summed E-state index contributed by atoms with van der Waals surface area (Å²) >= 11 is 0. The number of fused-ring (bicyclic) bond motifs is 3. The van der Waals surface area contributed by atoms with Gasteiger partial charge >= 0.3 is 0 Å². The first-order chi connectivity index (χ1) is 36.5. The molecule has 78 heavy (non-hydrogen) atoms. The van der Waals surface area contributed by atoms with Crippen LogP contribution in [0.25, 0.3) is 99.1 Å². The number of hydrogen-bond donors (Lipinski definition) is 0. The third-order valence-electron chi connectivity index (χ3n) is 16.7. The third-order valence-corrected chi connectivity index (χ3v) is 16.7. The zero-order valence-corrected chi connectivity index (χ0v) is 50.3. The Morgan fingerprint density at radius 1 is 0.167 bits per heavy atom. The maximum absolute atomic E-state index is 2.51. The van der Waals surface area contributed by atoms with Crippen LogP contribution < -0.4 is 0 Å². The van der Waals surface area contributed by atoms with Gasteiger partial charge in [-0.1, -0.05) is 294 Å². The standard InChI is InChI=1S/C78H84/c1-73(2,3)57-33-19-49(20-34-57)55-31-45-63-65(47-55)69(53-27-41-61(42-28-53)77(13,14)15)71-68(52-25-39-60(40-26-52)76(10,11)12)64-46-32-56(50-21-35-58(36-22-50)74(4,5)6)48-66(64)70(54-29-43-62(44-30-54)78(16,17)18)72(71)67(63)51-23-37-59(38-24-51)75(7,8)9/h19-48H,1-18H3. The summed E-state index contributed by atoms with van der Waals surface area (Å²) in [6.45, 7) is 41.6. The quantitative estimate of drug-likeness (QED) is 0.146. The van der Waals surface area contributed by atoms with E-state index in [0.29, 0.717) is 0 Å². The maximum atomic E-state index is 2.51. The molecule has 10 aromatic carbocycles. The molecule has 0 aliphatic carbocycles. The molecule has 0 bridgehead atoms. The minimum absolute atomic E-state index is 0.00673. The summed E-state index contributed by atoms with van der Waals surface area (Å²) in [5.41, 5.74) is 22.8. The molecule has 10 aromatic rings. The van der Waals surface area contributed by atoms with E-state index in [-0.39, 0.29) is 32.5 Å². The van der Waals surface area contributed by atoms with Crippen molar-refractivity contribution in [2.45, 2.75) is 157 Å². The van der Waals surface area contributed by atoms with Crippen molar-refractivity contribution in [3.05, 3.63) is 215 Å². The van der Waals surface area contributed by atoms with E-state index in [4.69, 9.17) is 0 Å². The molecular formula is C78H84. The van der Waals surface area contributed by atoms with Crippen molar-refractivity contribution in [1.82, 2.24) is 0 Å². The van der Waals surface area contributed by atoms with Crippen molar-refractivity contribution in [1.29, 1.82) is 0 Å². The van der Waals surface area contributed by atoms with E-state index in [9.17, 15) is 0 Å². The van der Waals surface area contributed by atoms with E-state index in [1.807, 2.05) is 0 Å². The van der Waals surface area contributed by atoms with E-state index in [1.165, 1.54) is 132 Å². The van der Waals surface area contributed by atoms with E-state index in [1.54, 1.807) is 0 Å². The molecule has 0 spiro atoms. The molecule has 0 aromatic heterocycles. The van der Waals surface area contributed by atoms with Gasteiger partial charge in [0, 0.05) is 0 Å². The molecule has 0 aliphatic heterocycles. The van der Waals surface area contributed by atoms with Crippen LogP contribution in [0.3, 0.4) is 0 Å². The molecule has 0 aliphatic rings. The van der Waals surface area contributed by atoms with E-state index < -0.39 is 0 Å². The summed E-state index contributed by atoms with van der Waals surface area (Å²) in [4.78, 5) is 0. The van der Waals surface area contributed by atoms with Crippen LogP contribution in [0.5, 0.6) is 0 Å². The highest BCUT2D eigenvalue weighted by Crippen LogP contribution is 2.55. The van der Waals surface area contributed by atoms with Gasteiger partial charge in [-0.15, -0.1) is 0 Å². The summed E-state index contributed by atoms with van der Waals surface area (Å²) in [5, 5.41) is 7.52. The molecule has 0 N–H and O–H groups in total. The second-order valence-electron chi connectivity index (χ2n) is 28.7. The van der Waals surface area contributed by atoms with Crippen LogP contribution >= 0.6 is 0 Å². The van der Waals surface area contributed by atoms with Crippen LogP contribution in [0.2, 0.25) is 0 Å². The molecule has 10 rings (SSSR count). The van der Waals surface area contributed by atoms with E-state index >= 15 is 0 Å². The van der Waals surface area contributed by atoms with E-state index in [0.717, 1.165) is 0 Å². The Bertz CT molecular complexity index is 3570. The molecule has 396 valence electrons. The first-order valence-corrected chi connectivity index (χ1v) is 28.7. The summed E-state index contributed by atoms with van der Waals surface area (Å²) in [7, 11) is 0. The van der Waals surface area contributed by atoms with Crippen molar-refractivity contribution >= 4 is 32.3 Å². The van der Waals surface area contributed by atoms with Gasteiger partial charge in [-0.2, -0.15) is 0 Å². The monoisotopic (exact) mass is 1020 g/mol. The predicted octanol–water partition coefficient (Wildman–Crippen LogP) is 22.9. The minimum Gasteiger partial charge on any atom is -0.0579 e. The lowest BCUT2D eigenvalue weighted by atomic mass is 9.75. The molecule has 0 heterocycles. The smallest absolute Gasteiger partial charge is 0.000139 e. The number of rotatable bonds is 6. The van der Waals surface area contributed by atoms with Gasteiger partial charge in [-0.05, 0) is 177 Å². The second kappa shape index (κ2) is 19.4. The average molecular weight is 1020 g/mol. The largest absolute Gasteiger partial charge is 0.0579 e. The van der Waals surface area contributed by atoms with Crippen molar-refractivity contribution < 1.29 is 0 Å². The molecule has 0 saturated heterocycles. The Hall–Kier alpha value is -7.02. The lowest BCUT2D eigenvalue weighted by molar-refractivity contribution is 0.590. The zero-order valence-electron chi connectivity index (χ0n) is 50.3. The van der Waals surface area contributed by atoms with Crippen molar-refractivity contribution in [2.24, 2.45) is 0 Å². The number of hydrogen-bond acceptors (Lipinski definition) is 0. The normalized spacial score (nSPS) is 13.0. The molecule has 0 heteroatoms. The van der Waals surface area contributed by atoms with Crippen LogP contribution in [-0.4, -0.2) is 0 Å². The number of benzene rings is 10. The van der Waals surface area contributed by atoms with Crippen LogP contribution in [0.1, 0.15) is 158 Å². The van der Waals surface area contributed by atoms with Gasteiger partial charge < -0.3 is 0 Å². The Kier molecular flexibility index (Phi) is 13.5. The Morgan fingerprint density at radius 2 is 0.333 bits per heavy atom. The highest BCUT2D eigenvalue weighted by Gasteiger charge is 2.29. The van der Waals surface area contributed by atoms with Crippen LogP contribution in [0.4, 0.5) is 0 Å². The molecule has 0 unspecified atom stereocenters. The first kappa shape index (κ1) is 54.3. The fourth-order valence-electron chi connectivity index (χ4n) is 11.7. The molecule has 0 atom stereocenters. The summed E-state index contributed by atoms with van der Waals surface area (Å²) < 4.78 is 0. The third kappa shape index (κ3) is 10.4. The Balaban J connectivity index is 1.48. The molecular weight excluding hydrogens is 937 g/mol. The van der Waals surface area contributed by atoms with Gasteiger partial charge in [0.05, 0.1) is 0 Å².